The van der Waals surface area contributed by atoms with Crippen molar-refractivity contribution in [2.45, 2.75) is 42.4 Å². The van der Waals surface area contributed by atoms with Crippen LogP contribution in [0.15, 0.2) is 58.4 Å². The standard InChI is InChI=1S/C24H27N5O5S2/c1-15(16-6-10-19(11-7-16)36(25,33)34)26-22(31)17-4-8-18(9-5-17)27-21(30)14-20-23(32)28-24(35-20)29-12-2-3-13-29/h4-11,15,20H,2-3,12-14H2,1H3,(H,26,31)(H,27,30)(H2,25,33,34)/t15-,20+/m0/s1. The summed E-state index contributed by atoms with van der Waals surface area (Å²) in [7, 11) is -3.78. The number of nitrogens with one attached hydrogen (secondary N) is 2. The molecule has 0 unspecified atom stereocenters. The molecule has 2 aromatic rings. The first-order chi connectivity index (χ1) is 17.1. The maximum atomic E-state index is 12.6. The summed E-state index contributed by atoms with van der Waals surface area (Å²) in [6, 6.07) is 12.0. The number of aliphatic imine (C=N–C) groups is 1. The van der Waals surface area contributed by atoms with E-state index in [1.807, 2.05) is 0 Å². The van der Waals surface area contributed by atoms with Crippen LogP contribution in [-0.2, 0) is 19.6 Å². The average molecular weight is 530 g/mol. The minimum Gasteiger partial charge on any atom is -0.351 e. The predicted octanol–water partition coefficient (Wildman–Crippen LogP) is 2.25. The minimum absolute atomic E-state index is 0.00198. The van der Waals surface area contributed by atoms with Gasteiger partial charge in [-0.2, -0.15) is 4.99 Å². The maximum absolute atomic E-state index is 12.6. The van der Waals surface area contributed by atoms with Crippen molar-refractivity contribution in [2.24, 2.45) is 10.1 Å². The van der Waals surface area contributed by atoms with E-state index in [4.69, 9.17) is 5.14 Å². The smallest absolute Gasteiger partial charge is 0.262 e. The topological polar surface area (TPSA) is 151 Å². The van der Waals surface area contributed by atoms with Gasteiger partial charge in [0.2, 0.25) is 15.9 Å². The lowest BCUT2D eigenvalue weighted by Gasteiger charge is -2.16. The van der Waals surface area contributed by atoms with Gasteiger partial charge in [-0.3, -0.25) is 14.4 Å². The highest BCUT2D eigenvalue weighted by atomic mass is 32.2. The Morgan fingerprint density at radius 3 is 2.36 bits per heavy atom. The van der Waals surface area contributed by atoms with E-state index >= 15 is 0 Å². The molecule has 0 aromatic heterocycles. The molecule has 3 amide bonds. The number of sulfonamides is 1. The number of hydrogen-bond acceptors (Lipinski definition) is 7. The Morgan fingerprint density at radius 2 is 1.75 bits per heavy atom. The normalized spacial score (nSPS) is 18.6. The number of anilines is 1. The minimum atomic E-state index is -3.78. The summed E-state index contributed by atoms with van der Waals surface area (Å²) in [5.41, 5.74) is 1.63. The molecule has 1 saturated heterocycles. The first kappa shape index (κ1) is 25.9. The second-order valence-corrected chi connectivity index (χ2v) is 11.4. The molecule has 10 nitrogen and oxygen atoms in total. The Balaban J connectivity index is 1.28. The Labute approximate surface area is 213 Å². The number of primary sulfonamides is 1. The van der Waals surface area contributed by atoms with E-state index in [1.54, 1.807) is 43.3 Å². The first-order valence-electron chi connectivity index (χ1n) is 11.5. The number of carbonyl (C=O) groups is 3. The Morgan fingerprint density at radius 1 is 1.11 bits per heavy atom. The number of amidine groups is 1. The van der Waals surface area contributed by atoms with Crippen molar-refractivity contribution in [2.75, 3.05) is 18.4 Å². The molecule has 1 fully saturated rings. The zero-order valence-electron chi connectivity index (χ0n) is 19.6. The maximum Gasteiger partial charge on any atom is 0.262 e. The van der Waals surface area contributed by atoms with Crippen LogP contribution in [0.2, 0.25) is 0 Å². The molecule has 0 spiro atoms. The van der Waals surface area contributed by atoms with Gasteiger partial charge < -0.3 is 15.5 Å². The molecule has 0 radical (unpaired) electrons. The van der Waals surface area contributed by atoms with E-state index in [1.165, 1.54) is 23.9 Å². The lowest BCUT2D eigenvalue weighted by molar-refractivity contribution is -0.121. The van der Waals surface area contributed by atoms with Crippen LogP contribution in [-0.4, -0.2) is 54.5 Å². The molecule has 4 rings (SSSR count). The van der Waals surface area contributed by atoms with Gasteiger partial charge in [0.25, 0.3) is 11.8 Å². The van der Waals surface area contributed by atoms with E-state index < -0.39 is 15.3 Å². The molecule has 12 heteroatoms. The third kappa shape index (κ3) is 6.31. The van der Waals surface area contributed by atoms with Gasteiger partial charge in [0, 0.05) is 30.8 Å². The summed E-state index contributed by atoms with van der Waals surface area (Å²) < 4.78 is 22.8. The van der Waals surface area contributed by atoms with E-state index in [2.05, 4.69) is 20.5 Å². The fraction of sp³-hybridized carbons (Fsp3) is 0.333. The molecule has 2 heterocycles. The van der Waals surface area contributed by atoms with Crippen molar-refractivity contribution >= 4 is 50.4 Å². The van der Waals surface area contributed by atoms with Gasteiger partial charge in [0.1, 0.15) is 5.25 Å². The number of amides is 3. The summed E-state index contributed by atoms with van der Waals surface area (Å²) in [4.78, 5) is 43.5. The summed E-state index contributed by atoms with van der Waals surface area (Å²) >= 11 is 1.34. The van der Waals surface area contributed by atoms with Gasteiger partial charge in [0.05, 0.1) is 10.9 Å². The van der Waals surface area contributed by atoms with Crippen LogP contribution in [0.1, 0.15) is 48.1 Å². The number of benzene rings is 2. The highest BCUT2D eigenvalue weighted by molar-refractivity contribution is 8.15. The van der Waals surface area contributed by atoms with E-state index in [-0.39, 0.29) is 35.1 Å². The number of carbonyl (C=O) groups excluding carboxylic acids is 3. The number of hydrogen-bond donors (Lipinski definition) is 3. The lowest BCUT2D eigenvalue weighted by atomic mass is 10.1. The molecule has 2 aliphatic heterocycles. The zero-order chi connectivity index (χ0) is 25.9. The van der Waals surface area contributed by atoms with Gasteiger partial charge >= 0.3 is 0 Å². The van der Waals surface area contributed by atoms with Gasteiger partial charge in [-0.15, -0.1) is 0 Å². The predicted molar refractivity (Wildman–Crippen MR) is 138 cm³/mol. The molecule has 190 valence electrons. The van der Waals surface area contributed by atoms with Crippen molar-refractivity contribution in [3.63, 3.8) is 0 Å². The van der Waals surface area contributed by atoms with Crippen molar-refractivity contribution in [3.05, 3.63) is 59.7 Å². The van der Waals surface area contributed by atoms with Crippen LogP contribution in [0.5, 0.6) is 0 Å². The second kappa shape index (κ2) is 10.8. The fourth-order valence-corrected chi connectivity index (χ4v) is 5.58. The van der Waals surface area contributed by atoms with Crippen LogP contribution in [0, 0.1) is 0 Å². The molecular weight excluding hydrogens is 502 g/mol. The van der Waals surface area contributed by atoms with Gasteiger partial charge in [-0.1, -0.05) is 23.9 Å². The molecule has 0 saturated carbocycles. The molecule has 0 bridgehead atoms. The summed E-state index contributed by atoms with van der Waals surface area (Å²) in [6.07, 6.45) is 2.19. The van der Waals surface area contributed by atoms with Gasteiger partial charge in [-0.05, 0) is 61.7 Å². The molecule has 4 N–H and O–H groups in total. The fourth-order valence-electron chi connectivity index (χ4n) is 3.95. The zero-order valence-corrected chi connectivity index (χ0v) is 21.3. The third-order valence-corrected chi connectivity index (χ3v) is 8.11. The van der Waals surface area contributed by atoms with Crippen LogP contribution < -0.4 is 15.8 Å². The highest BCUT2D eigenvalue weighted by Crippen LogP contribution is 2.29. The van der Waals surface area contributed by atoms with Crippen molar-refractivity contribution in [3.8, 4) is 0 Å². The Kier molecular flexibility index (Phi) is 7.76. The largest absolute Gasteiger partial charge is 0.351 e. The SMILES string of the molecule is C[C@H](NC(=O)c1ccc(NC(=O)C[C@H]2SC(N3CCCC3)=NC2=O)cc1)c1ccc(S(N)(=O)=O)cc1. The Bertz CT molecular complexity index is 1290. The van der Waals surface area contributed by atoms with E-state index in [0.29, 0.717) is 16.4 Å². The van der Waals surface area contributed by atoms with Gasteiger partial charge in [0.15, 0.2) is 5.17 Å². The average Bonchev–Trinajstić information content (AvgIpc) is 3.49. The number of nitrogens with two attached hydrogens (primary N) is 1. The van der Waals surface area contributed by atoms with E-state index in [0.717, 1.165) is 31.5 Å². The van der Waals surface area contributed by atoms with E-state index in [9.17, 15) is 22.8 Å². The molecule has 0 aliphatic carbocycles. The molecule has 2 aromatic carbocycles. The number of likely N-dealkylation sites (tertiary alicyclic amines) is 1. The molecule has 36 heavy (non-hydrogen) atoms. The molecular formula is C24H27N5O5S2. The second-order valence-electron chi connectivity index (χ2n) is 8.67. The number of nitrogens with zero attached hydrogens (tertiary/aromatic N) is 2. The van der Waals surface area contributed by atoms with Gasteiger partial charge in [-0.25, -0.2) is 13.6 Å². The first-order valence-corrected chi connectivity index (χ1v) is 13.9. The molecule has 2 atom stereocenters. The van der Waals surface area contributed by atoms with Crippen LogP contribution >= 0.6 is 11.8 Å². The van der Waals surface area contributed by atoms with Crippen molar-refractivity contribution < 1.29 is 22.8 Å². The van der Waals surface area contributed by atoms with Crippen molar-refractivity contribution in [1.82, 2.24) is 10.2 Å². The van der Waals surface area contributed by atoms with Crippen molar-refractivity contribution in [1.29, 1.82) is 0 Å². The molecule has 2 aliphatic rings. The highest BCUT2D eigenvalue weighted by Gasteiger charge is 2.33. The summed E-state index contributed by atoms with van der Waals surface area (Å²) in [5.74, 6) is -0.902. The lowest BCUT2D eigenvalue weighted by Crippen LogP contribution is -2.26. The van der Waals surface area contributed by atoms with Crippen LogP contribution in [0.4, 0.5) is 5.69 Å². The van der Waals surface area contributed by atoms with Crippen LogP contribution in [0.3, 0.4) is 0 Å². The Hall–Kier alpha value is -3.22. The van der Waals surface area contributed by atoms with Crippen LogP contribution in [0.25, 0.3) is 0 Å². The number of thioether (sulfide) groups is 1. The number of rotatable bonds is 7. The quantitative estimate of drug-likeness (QED) is 0.498. The third-order valence-electron chi connectivity index (χ3n) is 5.96. The summed E-state index contributed by atoms with van der Waals surface area (Å²) in [6.45, 7) is 3.56. The monoisotopic (exact) mass is 529 g/mol. The summed E-state index contributed by atoms with van der Waals surface area (Å²) in [5, 5.41) is 10.9.